The van der Waals surface area contributed by atoms with Gasteiger partial charge in [-0.05, 0) is 55.0 Å². The summed E-state index contributed by atoms with van der Waals surface area (Å²) in [5, 5.41) is 6.96. The lowest BCUT2D eigenvalue weighted by Gasteiger charge is -2.18. The summed E-state index contributed by atoms with van der Waals surface area (Å²) >= 11 is 0. The maximum atomic E-state index is 12.7. The molecule has 0 fully saturated rings. The molecule has 7 heteroatoms. The quantitative estimate of drug-likeness (QED) is 0.442. The minimum absolute atomic E-state index is 0.116. The van der Waals surface area contributed by atoms with E-state index in [-0.39, 0.29) is 11.7 Å². The molecule has 3 aromatic rings. The molecule has 0 radical (unpaired) electrons. The molecule has 32 heavy (non-hydrogen) atoms. The van der Waals surface area contributed by atoms with Crippen LogP contribution in [0.25, 0.3) is 0 Å². The van der Waals surface area contributed by atoms with E-state index in [2.05, 4.69) is 10.4 Å². The molecule has 1 heterocycles. The highest BCUT2D eigenvalue weighted by atomic mass is 16.5. The van der Waals surface area contributed by atoms with Gasteiger partial charge in [0.05, 0.1) is 12.1 Å². The molecule has 1 unspecified atom stereocenters. The van der Waals surface area contributed by atoms with Gasteiger partial charge >= 0.3 is 5.97 Å². The van der Waals surface area contributed by atoms with Crippen molar-refractivity contribution < 1.29 is 19.1 Å². The van der Waals surface area contributed by atoms with Gasteiger partial charge in [-0.3, -0.25) is 14.3 Å². The van der Waals surface area contributed by atoms with Gasteiger partial charge in [-0.15, -0.1) is 0 Å². The van der Waals surface area contributed by atoms with Gasteiger partial charge in [0.15, 0.2) is 6.10 Å². The largest absolute Gasteiger partial charge is 0.451 e. The van der Waals surface area contributed by atoms with Gasteiger partial charge in [-0.1, -0.05) is 32.9 Å². The fourth-order valence-corrected chi connectivity index (χ4v) is 2.88. The van der Waals surface area contributed by atoms with Gasteiger partial charge < -0.3 is 10.1 Å². The molecule has 0 aliphatic carbocycles. The first kappa shape index (κ1) is 22.9. The van der Waals surface area contributed by atoms with Crippen molar-refractivity contribution in [1.82, 2.24) is 9.78 Å². The second kappa shape index (κ2) is 9.60. The third-order valence-electron chi connectivity index (χ3n) is 4.85. The second-order valence-corrected chi connectivity index (χ2v) is 8.59. The normalized spacial score (nSPS) is 12.1. The summed E-state index contributed by atoms with van der Waals surface area (Å²) in [4.78, 5) is 37.2. The summed E-state index contributed by atoms with van der Waals surface area (Å²) in [6, 6.07) is 15.4. The molecular weight excluding hydrogens is 406 g/mol. The van der Waals surface area contributed by atoms with Crippen molar-refractivity contribution in [3.8, 4) is 0 Å². The predicted octanol–water partition coefficient (Wildman–Crippen LogP) is 4.34. The van der Waals surface area contributed by atoms with Crippen LogP contribution >= 0.6 is 0 Å². The van der Waals surface area contributed by atoms with E-state index >= 15 is 0 Å². The zero-order valence-electron chi connectivity index (χ0n) is 18.7. The van der Waals surface area contributed by atoms with E-state index in [0.717, 1.165) is 5.56 Å². The molecule has 1 aromatic heterocycles. The monoisotopic (exact) mass is 433 g/mol. The molecule has 3 rings (SSSR count). The average Bonchev–Trinajstić information content (AvgIpc) is 3.26. The van der Waals surface area contributed by atoms with Crippen LogP contribution in [-0.2, 0) is 16.1 Å². The van der Waals surface area contributed by atoms with Crippen LogP contribution in [0.15, 0.2) is 67.0 Å². The zero-order valence-corrected chi connectivity index (χ0v) is 18.7. The van der Waals surface area contributed by atoms with E-state index in [1.54, 1.807) is 54.2 Å². The summed E-state index contributed by atoms with van der Waals surface area (Å²) in [7, 11) is 0. The Morgan fingerprint density at radius 1 is 1.00 bits per heavy atom. The summed E-state index contributed by atoms with van der Waals surface area (Å²) in [5.74, 6) is -0.998. The minimum Gasteiger partial charge on any atom is -0.451 e. The summed E-state index contributed by atoms with van der Waals surface area (Å²) in [6.07, 6.45) is 2.63. The second-order valence-electron chi connectivity index (χ2n) is 8.59. The lowest BCUT2D eigenvalue weighted by atomic mass is 9.95. The highest BCUT2D eigenvalue weighted by molar-refractivity contribution is 6.02. The van der Waals surface area contributed by atoms with Crippen molar-refractivity contribution in [3.05, 3.63) is 83.7 Å². The van der Waals surface area contributed by atoms with E-state index in [4.69, 9.17) is 4.74 Å². The molecule has 0 aliphatic rings. The number of esters is 1. The van der Waals surface area contributed by atoms with Crippen molar-refractivity contribution >= 4 is 23.3 Å². The van der Waals surface area contributed by atoms with Crippen molar-refractivity contribution in [2.24, 2.45) is 5.41 Å². The van der Waals surface area contributed by atoms with E-state index in [0.29, 0.717) is 23.4 Å². The Labute approximate surface area is 187 Å². The number of aromatic nitrogens is 2. The van der Waals surface area contributed by atoms with Gasteiger partial charge in [0.2, 0.25) is 11.7 Å². The van der Waals surface area contributed by atoms with Crippen LogP contribution in [0.3, 0.4) is 0 Å². The Hall–Kier alpha value is -3.74. The summed E-state index contributed by atoms with van der Waals surface area (Å²) in [5.41, 5.74) is 1.84. The third kappa shape index (κ3) is 5.91. The van der Waals surface area contributed by atoms with Crippen LogP contribution in [0, 0.1) is 5.41 Å². The first-order valence-corrected chi connectivity index (χ1v) is 10.4. The standard InChI is InChI=1S/C25H27N3O4/c1-17(22(29)19-10-12-21(13-11-19)27-24(31)25(2,3)4)32-23(30)20-8-6-18(7-9-20)16-28-15-5-14-26-28/h5-15,17H,16H2,1-4H3,(H,27,31). The van der Waals surface area contributed by atoms with Gasteiger partial charge in [0, 0.05) is 29.1 Å². The van der Waals surface area contributed by atoms with Gasteiger partial charge in [0.1, 0.15) is 0 Å². The number of benzene rings is 2. The number of carbonyl (C=O) groups excluding carboxylic acids is 3. The Balaban J connectivity index is 1.57. The van der Waals surface area contributed by atoms with Crippen LogP contribution in [0.4, 0.5) is 5.69 Å². The molecule has 1 amide bonds. The number of nitrogens with one attached hydrogen (secondary N) is 1. The fraction of sp³-hybridized carbons (Fsp3) is 0.280. The number of ketones is 1. The number of hydrogen-bond acceptors (Lipinski definition) is 5. The lowest BCUT2D eigenvalue weighted by molar-refractivity contribution is -0.123. The number of Topliss-reactive ketones (excluding diaryl/α,β-unsaturated/α-hetero) is 1. The molecule has 1 atom stereocenters. The van der Waals surface area contributed by atoms with Crippen molar-refractivity contribution in [2.45, 2.75) is 40.3 Å². The SMILES string of the molecule is CC(OC(=O)c1ccc(Cn2cccn2)cc1)C(=O)c1ccc(NC(=O)C(C)(C)C)cc1. The molecule has 0 saturated heterocycles. The van der Waals surface area contributed by atoms with Crippen LogP contribution < -0.4 is 5.32 Å². The van der Waals surface area contributed by atoms with Gasteiger partial charge in [0.25, 0.3) is 0 Å². The smallest absolute Gasteiger partial charge is 0.338 e. The van der Waals surface area contributed by atoms with Crippen molar-refractivity contribution in [1.29, 1.82) is 0 Å². The van der Waals surface area contributed by atoms with Crippen LogP contribution in [0.1, 0.15) is 54.0 Å². The predicted molar refractivity (Wildman–Crippen MR) is 122 cm³/mol. The first-order chi connectivity index (χ1) is 15.1. The lowest BCUT2D eigenvalue weighted by Crippen LogP contribution is -2.27. The Morgan fingerprint density at radius 3 is 2.19 bits per heavy atom. The molecular formula is C25H27N3O4. The summed E-state index contributed by atoms with van der Waals surface area (Å²) in [6.45, 7) is 7.61. The topological polar surface area (TPSA) is 90.3 Å². The molecule has 0 aliphatic heterocycles. The number of rotatable bonds is 7. The van der Waals surface area contributed by atoms with Gasteiger partial charge in [-0.25, -0.2) is 4.79 Å². The number of hydrogen-bond donors (Lipinski definition) is 1. The molecule has 2 aromatic carbocycles. The maximum Gasteiger partial charge on any atom is 0.338 e. The van der Waals surface area contributed by atoms with E-state index in [9.17, 15) is 14.4 Å². The number of ether oxygens (including phenoxy) is 1. The van der Waals surface area contributed by atoms with Crippen LogP contribution in [0.5, 0.6) is 0 Å². The maximum absolute atomic E-state index is 12.7. The Bertz CT molecular complexity index is 1080. The first-order valence-electron chi connectivity index (χ1n) is 10.4. The molecule has 1 N–H and O–H groups in total. The van der Waals surface area contributed by atoms with Crippen LogP contribution in [-0.4, -0.2) is 33.5 Å². The highest BCUT2D eigenvalue weighted by Gasteiger charge is 2.22. The Morgan fingerprint density at radius 2 is 1.62 bits per heavy atom. The van der Waals surface area contributed by atoms with E-state index in [1.807, 2.05) is 45.2 Å². The fourth-order valence-electron chi connectivity index (χ4n) is 2.88. The zero-order chi connectivity index (χ0) is 23.3. The number of carbonyl (C=O) groups is 3. The van der Waals surface area contributed by atoms with Crippen LogP contribution in [0.2, 0.25) is 0 Å². The number of anilines is 1. The Kier molecular flexibility index (Phi) is 6.88. The van der Waals surface area contributed by atoms with Crippen molar-refractivity contribution in [3.63, 3.8) is 0 Å². The molecule has 0 saturated carbocycles. The van der Waals surface area contributed by atoms with E-state index in [1.165, 1.54) is 0 Å². The average molecular weight is 434 g/mol. The summed E-state index contributed by atoms with van der Waals surface area (Å²) < 4.78 is 7.15. The van der Waals surface area contributed by atoms with E-state index < -0.39 is 17.5 Å². The van der Waals surface area contributed by atoms with Crippen molar-refractivity contribution in [2.75, 3.05) is 5.32 Å². The van der Waals surface area contributed by atoms with Gasteiger partial charge in [-0.2, -0.15) is 5.10 Å². The third-order valence-corrected chi connectivity index (χ3v) is 4.85. The highest BCUT2D eigenvalue weighted by Crippen LogP contribution is 2.19. The minimum atomic E-state index is -0.943. The molecule has 0 spiro atoms. The number of nitrogens with zero attached hydrogens (tertiary/aromatic N) is 2. The molecule has 166 valence electrons. The molecule has 7 nitrogen and oxygen atoms in total. The number of amides is 1. The molecule has 0 bridgehead atoms.